The maximum atomic E-state index is 14.0. The van der Waals surface area contributed by atoms with Crippen molar-refractivity contribution in [3.8, 4) is 5.75 Å². The van der Waals surface area contributed by atoms with Gasteiger partial charge < -0.3 is 15.0 Å². The zero-order chi connectivity index (χ0) is 14.7. The summed E-state index contributed by atoms with van der Waals surface area (Å²) in [4.78, 5) is 13.8. The Kier molecular flexibility index (Phi) is 4.53. The number of nitrogens with zero attached hydrogens (tertiary/aromatic N) is 1. The fraction of sp³-hybridized carbons (Fsp3) is 0.533. The number of hydrogen-bond acceptors (Lipinski definition) is 3. The van der Waals surface area contributed by atoms with E-state index >= 15 is 0 Å². The molecule has 2 fully saturated rings. The molecule has 1 heterocycles. The molecule has 1 aliphatic heterocycles. The number of carbonyl (C=O) groups excluding carboxylic acids is 1. The van der Waals surface area contributed by atoms with Crippen molar-refractivity contribution in [2.45, 2.75) is 25.4 Å². The summed E-state index contributed by atoms with van der Waals surface area (Å²) >= 11 is 1.84. The molecule has 0 radical (unpaired) electrons. The molecule has 0 atom stereocenters. The van der Waals surface area contributed by atoms with Crippen molar-refractivity contribution in [2.75, 3.05) is 29.9 Å². The van der Waals surface area contributed by atoms with Crippen LogP contribution in [0.3, 0.4) is 0 Å². The highest BCUT2D eigenvalue weighted by Crippen LogP contribution is 2.28. The fourth-order valence-corrected chi connectivity index (χ4v) is 3.21. The van der Waals surface area contributed by atoms with Crippen LogP contribution in [0.5, 0.6) is 5.75 Å². The Balaban J connectivity index is 1.59. The lowest BCUT2D eigenvalue weighted by atomic mass is 9.96. The van der Waals surface area contributed by atoms with Crippen LogP contribution in [0.25, 0.3) is 0 Å². The molecule has 1 aliphatic carbocycles. The Morgan fingerprint density at radius 2 is 2.10 bits per heavy atom. The van der Waals surface area contributed by atoms with Crippen LogP contribution < -0.4 is 10.1 Å². The number of anilines is 1. The average molecular weight is 310 g/mol. The van der Waals surface area contributed by atoms with Crippen molar-refractivity contribution in [2.24, 2.45) is 0 Å². The number of carbonyl (C=O) groups is 1. The molecule has 2 aliphatic rings. The van der Waals surface area contributed by atoms with Gasteiger partial charge in [-0.05, 0) is 31.4 Å². The second-order valence-electron chi connectivity index (χ2n) is 5.35. The summed E-state index contributed by atoms with van der Waals surface area (Å²) in [5.74, 6) is 1.76. The second-order valence-corrected chi connectivity index (χ2v) is 6.57. The molecule has 1 N–H and O–H groups in total. The highest BCUT2D eigenvalue weighted by Gasteiger charge is 2.21. The molecular weight excluding hydrogens is 291 g/mol. The summed E-state index contributed by atoms with van der Waals surface area (Å²) < 4.78 is 19.5. The maximum Gasteiger partial charge on any atom is 0.321 e. The summed E-state index contributed by atoms with van der Waals surface area (Å²) in [6.45, 7) is 1.48. The summed E-state index contributed by atoms with van der Waals surface area (Å²) in [5.41, 5.74) is 0.469. The lowest BCUT2D eigenvalue weighted by Crippen LogP contribution is -2.40. The highest BCUT2D eigenvalue weighted by molar-refractivity contribution is 7.99. The van der Waals surface area contributed by atoms with Gasteiger partial charge in [-0.3, -0.25) is 0 Å². The van der Waals surface area contributed by atoms with Gasteiger partial charge in [-0.15, -0.1) is 0 Å². The van der Waals surface area contributed by atoms with Gasteiger partial charge in [0.25, 0.3) is 0 Å². The molecule has 0 unspecified atom stereocenters. The SMILES string of the molecule is O=C(Nc1ccc(OC2CCC2)c(F)c1)N1CCSCC1. The molecule has 0 spiro atoms. The lowest BCUT2D eigenvalue weighted by molar-refractivity contribution is 0.115. The van der Waals surface area contributed by atoms with E-state index in [0.29, 0.717) is 5.69 Å². The topological polar surface area (TPSA) is 41.6 Å². The molecule has 1 saturated heterocycles. The number of rotatable bonds is 3. The fourth-order valence-electron chi connectivity index (χ4n) is 2.31. The first-order chi connectivity index (χ1) is 10.2. The van der Waals surface area contributed by atoms with Crippen LogP contribution in [-0.4, -0.2) is 41.6 Å². The molecule has 21 heavy (non-hydrogen) atoms. The third-order valence-electron chi connectivity index (χ3n) is 3.83. The Morgan fingerprint density at radius 1 is 1.33 bits per heavy atom. The number of halogens is 1. The standard InChI is InChI=1S/C15H19FN2O2S/c16-13-10-11(4-5-14(13)20-12-2-1-3-12)17-15(19)18-6-8-21-9-7-18/h4-5,10,12H,1-3,6-9H2,(H,17,19). The van der Waals surface area contributed by atoms with Gasteiger partial charge in [-0.25, -0.2) is 9.18 Å². The van der Waals surface area contributed by atoms with E-state index in [2.05, 4.69) is 5.32 Å². The Hall–Kier alpha value is -1.43. The normalized spacial score (nSPS) is 19.0. The molecule has 114 valence electrons. The van der Waals surface area contributed by atoms with Crippen molar-refractivity contribution in [1.82, 2.24) is 4.90 Å². The van der Waals surface area contributed by atoms with Crippen molar-refractivity contribution < 1.29 is 13.9 Å². The Labute approximate surface area is 128 Å². The van der Waals surface area contributed by atoms with E-state index < -0.39 is 5.82 Å². The summed E-state index contributed by atoms with van der Waals surface area (Å²) in [7, 11) is 0. The van der Waals surface area contributed by atoms with Gasteiger partial charge in [0, 0.05) is 36.3 Å². The van der Waals surface area contributed by atoms with Gasteiger partial charge in [-0.1, -0.05) is 0 Å². The van der Waals surface area contributed by atoms with Gasteiger partial charge in [0.1, 0.15) is 0 Å². The molecule has 0 aromatic heterocycles. The van der Waals surface area contributed by atoms with E-state index in [9.17, 15) is 9.18 Å². The zero-order valence-corrected chi connectivity index (χ0v) is 12.6. The predicted molar refractivity (Wildman–Crippen MR) is 82.6 cm³/mol. The van der Waals surface area contributed by atoms with E-state index in [-0.39, 0.29) is 17.9 Å². The summed E-state index contributed by atoms with van der Waals surface area (Å²) in [5, 5.41) is 2.74. The number of ether oxygens (including phenoxy) is 1. The molecule has 4 nitrogen and oxygen atoms in total. The van der Waals surface area contributed by atoms with Gasteiger partial charge in [0.2, 0.25) is 0 Å². The largest absolute Gasteiger partial charge is 0.487 e. The van der Waals surface area contributed by atoms with E-state index in [1.54, 1.807) is 17.0 Å². The van der Waals surface area contributed by atoms with Crippen LogP contribution in [0.15, 0.2) is 18.2 Å². The van der Waals surface area contributed by atoms with E-state index in [1.807, 2.05) is 11.8 Å². The monoisotopic (exact) mass is 310 g/mol. The minimum absolute atomic E-state index is 0.144. The quantitative estimate of drug-likeness (QED) is 0.931. The van der Waals surface area contributed by atoms with Crippen molar-refractivity contribution in [3.05, 3.63) is 24.0 Å². The second kappa shape index (κ2) is 6.56. The van der Waals surface area contributed by atoms with E-state index in [1.165, 1.54) is 6.07 Å². The molecule has 0 bridgehead atoms. The minimum Gasteiger partial charge on any atom is -0.487 e. The first-order valence-corrected chi connectivity index (χ1v) is 8.48. The highest BCUT2D eigenvalue weighted by atomic mass is 32.2. The zero-order valence-electron chi connectivity index (χ0n) is 11.8. The van der Waals surface area contributed by atoms with Gasteiger partial charge in [0.05, 0.1) is 6.10 Å². The number of amides is 2. The Morgan fingerprint density at radius 3 is 2.71 bits per heavy atom. The van der Waals surface area contributed by atoms with Crippen LogP contribution in [0.1, 0.15) is 19.3 Å². The first-order valence-electron chi connectivity index (χ1n) is 7.32. The van der Waals surface area contributed by atoms with Crippen LogP contribution in [0.2, 0.25) is 0 Å². The molecule has 3 rings (SSSR count). The number of thioether (sulfide) groups is 1. The number of nitrogens with one attached hydrogen (secondary N) is 1. The average Bonchev–Trinajstić information content (AvgIpc) is 2.45. The molecule has 6 heteroatoms. The van der Waals surface area contributed by atoms with E-state index in [4.69, 9.17) is 4.74 Å². The third kappa shape index (κ3) is 3.61. The first kappa shape index (κ1) is 14.5. The van der Waals surface area contributed by atoms with Gasteiger partial charge in [-0.2, -0.15) is 11.8 Å². The Bertz CT molecular complexity index is 516. The number of urea groups is 1. The molecular formula is C15H19FN2O2S. The van der Waals surface area contributed by atoms with Crippen molar-refractivity contribution in [1.29, 1.82) is 0 Å². The molecule has 1 aromatic carbocycles. The summed E-state index contributed by atoms with van der Waals surface area (Å²) in [6.07, 6.45) is 3.27. The summed E-state index contributed by atoms with van der Waals surface area (Å²) in [6, 6.07) is 4.44. The van der Waals surface area contributed by atoms with Crippen LogP contribution in [0.4, 0.5) is 14.9 Å². The lowest BCUT2D eigenvalue weighted by Gasteiger charge is -2.27. The smallest absolute Gasteiger partial charge is 0.321 e. The van der Waals surface area contributed by atoms with Crippen LogP contribution >= 0.6 is 11.8 Å². The van der Waals surface area contributed by atoms with Gasteiger partial charge >= 0.3 is 6.03 Å². The third-order valence-corrected chi connectivity index (χ3v) is 4.77. The molecule has 1 saturated carbocycles. The minimum atomic E-state index is -0.422. The molecule has 1 aromatic rings. The van der Waals surface area contributed by atoms with Crippen LogP contribution in [0, 0.1) is 5.82 Å². The number of hydrogen-bond donors (Lipinski definition) is 1. The molecule has 2 amide bonds. The van der Waals surface area contributed by atoms with Gasteiger partial charge in [0.15, 0.2) is 11.6 Å². The van der Waals surface area contributed by atoms with Crippen LogP contribution in [-0.2, 0) is 0 Å². The predicted octanol–water partition coefficient (Wildman–Crippen LogP) is 3.34. The number of benzene rings is 1. The van der Waals surface area contributed by atoms with E-state index in [0.717, 1.165) is 43.9 Å². The maximum absolute atomic E-state index is 14.0. The van der Waals surface area contributed by atoms with Crippen molar-refractivity contribution in [3.63, 3.8) is 0 Å². The van der Waals surface area contributed by atoms with Crippen molar-refractivity contribution >= 4 is 23.5 Å².